The molecule has 2 atom stereocenters. The second-order valence-corrected chi connectivity index (χ2v) is 7.05. The number of carbonyl (C=O) groups excluding carboxylic acids is 1. The van der Waals surface area contributed by atoms with Gasteiger partial charge in [-0.15, -0.1) is 0 Å². The minimum Gasteiger partial charge on any atom is -0.465 e. The molecule has 0 aliphatic heterocycles. The Morgan fingerprint density at radius 3 is 2.68 bits per heavy atom. The van der Waals surface area contributed by atoms with Gasteiger partial charge < -0.3 is 9.47 Å². The molecule has 1 saturated carbocycles. The fraction of sp³-hybridized carbons (Fsp3) is 0.917. The number of hydrogen-bond acceptors (Lipinski definition) is 6. The van der Waals surface area contributed by atoms with Crippen molar-refractivity contribution >= 4 is 15.8 Å². The van der Waals surface area contributed by atoms with Crippen molar-refractivity contribution in [2.45, 2.75) is 37.0 Å². The molecule has 1 aliphatic rings. The van der Waals surface area contributed by atoms with Crippen LogP contribution in [0.1, 0.15) is 26.2 Å². The first-order chi connectivity index (χ1) is 8.88. The van der Waals surface area contributed by atoms with E-state index in [2.05, 4.69) is 5.32 Å². The molecule has 7 heteroatoms. The molecule has 0 amide bonds. The average molecular weight is 293 g/mol. The molecule has 1 rings (SSSR count). The number of rotatable bonds is 7. The van der Waals surface area contributed by atoms with E-state index in [1.165, 1.54) is 6.26 Å². The van der Waals surface area contributed by atoms with Crippen LogP contribution in [0.3, 0.4) is 0 Å². The minimum atomic E-state index is -3.31. The highest BCUT2D eigenvalue weighted by Gasteiger charge is 2.54. The van der Waals surface area contributed by atoms with Crippen LogP contribution in [-0.4, -0.2) is 58.3 Å². The van der Waals surface area contributed by atoms with E-state index in [4.69, 9.17) is 9.47 Å². The smallest absolute Gasteiger partial charge is 0.327 e. The maximum Gasteiger partial charge on any atom is 0.327 e. The van der Waals surface area contributed by atoms with E-state index in [1.54, 1.807) is 14.0 Å². The van der Waals surface area contributed by atoms with Crippen LogP contribution in [-0.2, 0) is 24.1 Å². The van der Waals surface area contributed by atoms with E-state index < -0.39 is 26.6 Å². The lowest BCUT2D eigenvalue weighted by Crippen LogP contribution is -2.60. The minimum absolute atomic E-state index is 0.239. The van der Waals surface area contributed by atoms with Crippen molar-refractivity contribution in [3.8, 4) is 0 Å². The van der Waals surface area contributed by atoms with Crippen molar-refractivity contribution in [2.24, 2.45) is 0 Å². The van der Waals surface area contributed by atoms with E-state index in [0.29, 0.717) is 32.4 Å². The molecule has 112 valence electrons. The maximum absolute atomic E-state index is 12.2. The fourth-order valence-corrected chi connectivity index (χ4v) is 4.32. The maximum atomic E-state index is 12.2. The van der Waals surface area contributed by atoms with Gasteiger partial charge >= 0.3 is 5.97 Å². The second kappa shape index (κ2) is 6.67. The fourth-order valence-electron chi connectivity index (χ4n) is 2.70. The molecule has 1 fully saturated rings. The first-order valence-electron chi connectivity index (χ1n) is 6.48. The standard InChI is InChI=1S/C12H23NO5S/c1-4-18-11(14)12(13-8-9-17-2)7-5-6-10(12)19(3,15)16/h10,13H,4-9H2,1-3H3. The summed E-state index contributed by atoms with van der Waals surface area (Å²) in [5, 5.41) is 2.33. The molecule has 0 spiro atoms. The number of hydrogen-bond donors (Lipinski definition) is 1. The molecule has 0 heterocycles. The number of methoxy groups -OCH3 is 1. The van der Waals surface area contributed by atoms with Crippen LogP contribution >= 0.6 is 0 Å². The van der Waals surface area contributed by atoms with E-state index in [-0.39, 0.29) is 6.61 Å². The predicted molar refractivity (Wildman–Crippen MR) is 71.7 cm³/mol. The normalized spacial score (nSPS) is 27.4. The van der Waals surface area contributed by atoms with Gasteiger partial charge in [-0.25, -0.2) is 8.42 Å². The van der Waals surface area contributed by atoms with Crippen molar-refractivity contribution in [1.29, 1.82) is 0 Å². The van der Waals surface area contributed by atoms with Gasteiger partial charge in [0, 0.05) is 19.9 Å². The van der Waals surface area contributed by atoms with Gasteiger partial charge in [-0.3, -0.25) is 10.1 Å². The number of nitrogens with one attached hydrogen (secondary N) is 1. The highest BCUT2D eigenvalue weighted by Crippen LogP contribution is 2.36. The van der Waals surface area contributed by atoms with E-state index in [0.717, 1.165) is 0 Å². The third-order valence-electron chi connectivity index (χ3n) is 3.49. The summed E-state index contributed by atoms with van der Waals surface area (Å²) in [7, 11) is -1.76. The molecule has 19 heavy (non-hydrogen) atoms. The largest absolute Gasteiger partial charge is 0.465 e. The van der Waals surface area contributed by atoms with Crippen LogP contribution < -0.4 is 5.32 Å². The quantitative estimate of drug-likeness (QED) is 0.530. The number of esters is 1. The molecular formula is C12H23NO5S. The van der Waals surface area contributed by atoms with Crippen molar-refractivity contribution in [3.63, 3.8) is 0 Å². The molecule has 0 aromatic rings. The van der Waals surface area contributed by atoms with Crippen LogP contribution in [0.4, 0.5) is 0 Å². The summed E-state index contributed by atoms with van der Waals surface area (Å²) in [4.78, 5) is 12.2. The first kappa shape index (κ1) is 16.4. The molecule has 6 nitrogen and oxygen atoms in total. The van der Waals surface area contributed by atoms with Crippen LogP contribution in [0.2, 0.25) is 0 Å². The summed E-state index contributed by atoms with van der Waals surface area (Å²) in [5.74, 6) is -0.473. The molecule has 0 saturated heterocycles. The Morgan fingerprint density at radius 1 is 1.47 bits per heavy atom. The van der Waals surface area contributed by atoms with Crippen molar-refractivity contribution < 1.29 is 22.7 Å². The molecule has 0 aromatic heterocycles. The molecule has 0 aromatic carbocycles. The van der Waals surface area contributed by atoms with Gasteiger partial charge in [-0.1, -0.05) is 0 Å². The Labute approximate surface area is 114 Å². The van der Waals surface area contributed by atoms with Crippen LogP contribution in [0.15, 0.2) is 0 Å². The summed E-state index contributed by atoms with van der Waals surface area (Å²) in [6, 6.07) is 0. The summed E-state index contributed by atoms with van der Waals surface area (Å²) >= 11 is 0. The van der Waals surface area contributed by atoms with Gasteiger partial charge in [0.05, 0.1) is 18.5 Å². The molecule has 0 bridgehead atoms. The van der Waals surface area contributed by atoms with Gasteiger partial charge in [0.1, 0.15) is 5.54 Å². The topological polar surface area (TPSA) is 81.7 Å². The van der Waals surface area contributed by atoms with Gasteiger partial charge in [0.15, 0.2) is 9.84 Å². The SMILES string of the molecule is CCOC(=O)C1(NCCOC)CCCC1S(C)(=O)=O. The Kier molecular flexibility index (Phi) is 5.76. The highest BCUT2D eigenvalue weighted by atomic mass is 32.2. The monoisotopic (exact) mass is 293 g/mol. The number of sulfone groups is 1. The zero-order chi connectivity index (χ0) is 14.5. The van der Waals surface area contributed by atoms with Crippen molar-refractivity contribution in [2.75, 3.05) is 33.1 Å². The lowest BCUT2D eigenvalue weighted by Gasteiger charge is -2.33. The zero-order valence-electron chi connectivity index (χ0n) is 11.8. The Hall–Kier alpha value is -0.660. The van der Waals surface area contributed by atoms with Crippen LogP contribution in [0, 0.1) is 0 Å². The first-order valence-corrected chi connectivity index (χ1v) is 8.44. The zero-order valence-corrected chi connectivity index (χ0v) is 12.6. The summed E-state index contributed by atoms with van der Waals surface area (Å²) < 4.78 is 33.8. The van der Waals surface area contributed by atoms with Crippen LogP contribution in [0.5, 0.6) is 0 Å². The molecule has 1 aliphatic carbocycles. The highest BCUT2D eigenvalue weighted by molar-refractivity contribution is 7.91. The lowest BCUT2D eigenvalue weighted by molar-refractivity contribution is -0.151. The summed E-state index contributed by atoms with van der Waals surface area (Å²) in [6.07, 6.45) is 2.83. The van der Waals surface area contributed by atoms with Gasteiger partial charge in [0.2, 0.25) is 0 Å². The van der Waals surface area contributed by atoms with E-state index >= 15 is 0 Å². The predicted octanol–water partition coefficient (Wildman–Crippen LogP) is 0.121. The summed E-state index contributed by atoms with van der Waals surface area (Å²) in [5.41, 5.74) is -1.12. The van der Waals surface area contributed by atoms with E-state index in [1.807, 2.05) is 0 Å². The molecular weight excluding hydrogens is 270 g/mol. The number of carbonyl (C=O) groups is 1. The number of ether oxygens (including phenoxy) is 2. The molecule has 1 N–H and O–H groups in total. The molecule has 0 radical (unpaired) electrons. The Morgan fingerprint density at radius 2 is 2.16 bits per heavy atom. The van der Waals surface area contributed by atoms with Gasteiger partial charge in [0.25, 0.3) is 0 Å². The Bertz CT molecular complexity index is 408. The average Bonchev–Trinajstić information content (AvgIpc) is 2.75. The van der Waals surface area contributed by atoms with Gasteiger partial charge in [-0.2, -0.15) is 0 Å². The van der Waals surface area contributed by atoms with E-state index in [9.17, 15) is 13.2 Å². The lowest BCUT2D eigenvalue weighted by atomic mass is 9.97. The summed E-state index contributed by atoms with van der Waals surface area (Å²) in [6.45, 7) is 2.78. The third kappa shape index (κ3) is 3.67. The third-order valence-corrected chi connectivity index (χ3v) is 5.16. The van der Waals surface area contributed by atoms with Crippen molar-refractivity contribution in [1.82, 2.24) is 5.32 Å². The Balaban J connectivity index is 2.99. The van der Waals surface area contributed by atoms with Crippen LogP contribution in [0.25, 0.3) is 0 Å². The van der Waals surface area contributed by atoms with Crippen molar-refractivity contribution in [3.05, 3.63) is 0 Å². The second-order valence-electron chi connectivity index (χ2n) is 4.82. The molecule has 2 unspecified atom stereocenters. The van der Waals surface area contributed by atoms with Gasteiger partial charge in [-0.05, 0) is 26.2 Å².